The lowest BCUT2D eigenvalue weighted by atomic mass is 9.95. The molecule has 2 aliphatic heterocycles. The molecule has 0 saturated carbocycles. The molecule has 4 rings (SSSR count). The zero-order valence-electron chi connectivity index (χ0n) is 15.8. The van der Waals surface area contributed by atoms with Crippen LogP contribution in [-0.2, 0) is 29.2 Å². The number of hydrogen-bond donors (Lipinski definition) is 1. The molecule has 1 saturated heterocycles. The van der Waals surface area contributed by atoms with Crippen LogP contribution in [0.4, 0.5) is 0 Å². The number of benzene rings is 2. The number of carbonyl (C=O) groups excluding carboxylic acids is 1. The molecule has 148 valence electrons. The first-order valence-electron chi connectivity index (χ1n) is 9.75. The van der Waals surface area contributed by atoms with E-state index in [0.29, 0.717) is 18.2 Å². The summed E-state index contributed by atoms with van der Waals surface area (Å²) in [4.78, 5) is 14.9. The van der Waals surface area contributed by atoms with E-state index in [9.17, 15) is 4.79 Å². The zero-order chi connectivity index (χ0) is 19.3. The maximum absolute atomic E-state index is 12.5. The summed E-state index contributed by atoms with van der Waals surface area (Å²) in [6.07, 6.45) is 1.74. The molecule has 0 bridgehead atoms. The molecule has 28 heavy (non-hydrogen) atoms. The van der Waals surface area contributed by atoms with Crippen LogP contribution in [-0.4, -0.2) is 30.7 Å². The van der Waals surface area contributed by atoms with Crippen LogP contribution in [0.5, 0.6) is 5.75 Å². The molecule has 1 fully saturated rings. The van der Waals surface area contributed by atoms with Gasteiger partial charge in [-0.15, -0.1) is 0 Å². The van der Waals surface area contributed by atoms with Gasteiger partial charge < -0.3 is 14.8 Å². The van der Waals surface area contributed by atoms with Crippen LogP contribution in [0.15, 0.2) is 42.5 Å². The number of piperidine rings is 1. The Bertz CT molecular complexity index is 820. The third-order valence-corrected chi connectivity index (χ3v) is 5.63. The van der Waals surface area contributed by atoms with Gasteiger partial charge in [0.15, 0.2) is 6.79 Å². The predicted molar refractivity (Wildman–Crippen MR) is 108 cm³/mol. The van der Waals surface area contributed by atoms with Gasteiger partial charge in [-0.3, -0.25) is 9.69 Å². The van der Waals surface area contributed by atoms with Crippen molar-refractivity contribution >= 4 is 17.5 Å². The fraction of sp³-hybridized carbons (Fsp3) is 0.409. The van der Waals surface area contributed by atoms with Gasteiger partial charge in [0.1, 0.15) is 5.75 Å². The third kappa shape index (κ3) is 4.66. The minimum absolute atomic E-state index is 0.0814. The summed E-state index contributed by atoms with van der Waals surface area (Å²) in [5.41, 5.74) is 3.23. The Labute approximate surface area is 170 Å². The maximum Gasteiger partial charge on any atom is 0.223 e. The van der Waals surface area contributed by atoms with Crippen molar-refractivity contribution in [3.8, 4) is 5.75 Å². The fourth-order valence-corrected chi connectivity index (χ4v) is 4.16. The number of halogens is 1. The Kier molecular flexibility index (Phi) is 6.15. The summed E-state index contributed by atoms with van der Waals surface area (Å²) in [5.74, 6) is 1.14. The van der Waals surface area contributed by atoms with Gasteiger partial charge >= 0.3 is 0 Å². The number of carbonyl (C=O) groups is 1. The van der Waals surface area contributed by atoms with Crippen LogP contribution in [0.1, 0.15) is 29.5 Å². The lowest BCUT2D eigenvalue weighted by Crippen LogP contribution is -2.40. The number of amides is 1. The number of hydrogen-bond acceptors (Lipinski definition) is 4. The minimum Gasteiger partial charge on any atom is -0.467 e. The number of likely N-dealkylation sites (tertiary alicyclic amines) is 1. The summed E-state index contributed by atoms with van der Waals surface area (Å²) in [6, 6.07) is 13.9. The second kappa shape index (κ2) is 8.95. The second-order valence-corrected chi connectivity index (χ2v) is 7.85. The first-order chi connectivity index (χ1) is 13.7. The van der Waals surface area contributed by atoms with Gasteiger partial charge in [0.25, 0.3) is 0 Å². The predicted octanol–water partition coefficient (Wildman–Crippen LogP) is 3.73. The van der Waals surface area contributed by atoms with E-state index in [-0.39, 0.29) is 18.6 Å². The van der Waals surface area contributed by atoms with Crippen LogP contribution >= 0.6 is 11.6 Å². The number of nitrogens with zero attached hydrogens (tertiary/aromatic N) is 1. The number of ether oxygens (including phenoxy) is 2. The van der Waals surface area contributed by atoms with Crippen molar-refractivity contribution < 1.29 is 14.3 Å². The van der Waals surface area contributed by atoms with Crippen molar-refractivity contribution in [1.82, 2.24) is 10.2 Å². The zero-order valence-corrected chi connectivity index (χ0v) is 16.6. The molecule has 0 unspecified atom stereocenters. The van der Waals surface area contributed by atoms with E-state index < -0.39 is 0 Å². The van der Waals surface area contributed by atoms with E-state index in [0.717, 1.165) is 54.9 Å². The molecule has 1 amide bonds. The van der Waals surface area contributed by atoms with Crippen molar-refractivity contribution in [2.75, 3.05) is 19.9 Å². The minimum atomic E-state index is 0.0814. The van der Waals surface area contributed by atoms with E-state index in [1.165, 1.54) is 0 Å². The quantitative estimate of drug-likeness (QED) is 0.830. The molecule has 2 heterocycles. The van der Waals surface area contributed by atoms with Crippen molar-refractivity contribution in [1.29, 1.82) is 0 Å². The Balaban J connectivity index is 1.30. The molecule has 0 spiro atoms. The van der Waals surface area contributed by atoms with Crippen LogP contribution in [0.25, 0.3) is 0 Å². The molecule has 2 aromatic carbocycles. The van der Waals surface area contributed by atoms with Crippen LogP contribution in [0, 0.1) is 5.92 Å². The van der Waals surface area contributed by atoms with E-state index in [2.05, 4.69) is 10.2 Å². The number of fused-ring (bicyclic) bond motifs is 1. The summed E-state index contributed by atoms with van der Waals surface area (Å²) < 4.78 is 11.1. The summed E-state index contributed by atoms with van der Waals surface area (Å²) in [6.45, 7) is 3.97. The van der Waals surface area contributed by atoms with Crippen LogP contribution < -0.4 is 10.1 Å². The normalized spacial score (nSPS) is 17.6. The van der Waals surface area contributed by atoms with Gasteiger partial charge in [-0.25, -0.2) is 0 Å². The van der Waals surface area contributed by atoms with E-state index in [4.69, 9.17) is 21.1 Å². The van der Waals surface area contributed by atoms with E-state index in [1.54, 1.807) is 0 Å². The largest absolute Gasteiger partial charge is 0.467 e. The van der Waals surface area contributed by atoms with Gasteiger partial charge in [0.05, 0.1) is 6.61 Å². The topological polar surface area (TPSA) is 50.8 Å². The Morgan fingerprint density at radius 1 is 1.18 bits per heavy atom. The highest BCUT2D eigenvalue weighted by atomic mass is 35.5. The van der Waals surface area contributed by atoms with Crippen molar-refractivity contribution in [2.45, 2.75) is 32.5 Å². The molecular weight excluding hydrogens is 376 g/mol. The maximum atomic E-state index is 12.5. The standard InChI is InChI=1S/C22H25ClN2O3/c23-20-10-18(21-19(11-20)14-27-15-28-21)13-25-8-6-17(7-9-25)22(26)24-12-16-4-2-1-3-5-16/h1-5,10-11,17H,6-9,12-15H2,(H,24,26). The van der Waals surface area contributed by atoms with Gasteiger partial charge in [0.2, 0.25) is 5.91 Å². The molecule has 2 aromatic rings. The summed E-state index contributed by atoms with van der Waals surface area (Å²) >= 11 is 6.27. The highest BCUT2D eigenvalue weighted by molar-refractivity contribution is 6.30. The van der Waals surface area contributed by atoms with Crippen molar-refractivity contribution in [3.63, 3.8) is 0 Å². The molecule has 2 aliphatic rings. The van der Waals surface area contributed by atoms with Gasteiger partial charge in [-0.2, -0.15) is 0 Å². The summed E-state index contributed by atoms with van der Waals surface area (Å²) in [7, 11) is 0. The number of rotatable bonds is 5. The third-order valence-electron chi connectivity index (χ3n) is 5.41. The van der Waals surface area contributed by atoms with Gasteiger partial charge in [-0.1, -0.05) is 41.9 Å². The molecule has 6 heteroatoms. The SMILES string of the molecule is O=C(NCc1ccccc1)C1CCN(Cc2cc(Cl)cc3c2OCOC3)CC1. The summed E-state index contributed by atoms with van der Waals surface area (Å²) in [5, 5.41) is 3.78. The molecule has 0 radical (unpaired) electrons. The molecule has 0 aromatic heterocycles. The lowest BCUT2D eigenvalue weighted by molar-refractivity contribution is -0.126. The van der Waals surface area contributed by atoms with Crippen molar-refractivity contribution in [3.05, 3.63) is 64.2 Å². The molecule has 0 aliphatic carbocycles. The Morgan fingerprint density at radius 3 is 2.75 bits per heavy atom. The monoisotopic (exact) mass is 400 g/mol. The second-order valence-electron chi connectivity index (χ2n) is 7.42. The molecule has 5 nitrogen and oxygen atoms in total. The highest BCUT2D eigenvalue weighted by Gasteiger charge is 2.26. The van der Waals surface area contributed by atoms with Crippen LogP contribution in [0.3, 0.4) is 0 Å². The van der Waals surface area contributed by atoms with E-state index >= 15 is 0 Å². The van der Waals surface area contributed by atoms with Crippen LogP contribution in [0.2, 0.25) is 5.02 Å². The Morgan fingerprint density at radius 2 is 1.96 bits per heavy atom. The van der Waals surface area contributed by atoms with Crippen molar-refractivity contribution in [2.24, 2.45) is 5.92 Å². The molecule has 1 N–H and O–H groups in total. The Hall–Kier alpha value is -2.08. The fourth-order valence-electron chi connectivity index (χ4n) is 3.90. The first kappa shape index (κ1) is 19.2. The molecular formula is C22H25ClN2O3. The average molecular weight is 401 g/mol. The number of nitrogens with one attached hydrogen (secondary N) is 1. The highest BCUT2D eigenvalue weighted by Crippen LogP contribution is 2.33. The lowest BCUT2D eigenvalue weighted by Gasteiger charge is -2.32. The van der Waals surface area contributed by atoms with E-state index in [1.807, 2.05) is 42.5 Å². The molecule has 0 atom stereocenters. The smallest absolute Gasteiger partial charge is 0.223 e. The average Bonchev–Trinajstić information content (AvgIpc) is 2.73. The first-order valence-corrected chi connectivity index (χ1v) is 10.1. The van der Waals surface area contributed by atoms with Gasteiger partial charge in [0, 0.05) is 35.2 Å². The van der Waals surface area contributed by atoms with Gasteiger partial charge in [-0.05, 0) is 43.6 Å².